The van der Waals surface area contributed by atoms with E-state index in [0.29, 0.717) is 31.7 Å². The van der Waals surface area contributed by atoms with E-state index in [1.54, 1.807) is 16.5 Å². The molecular formula is C19H24N6O3. The largest absolute Gasteiger partial charge is 0.337 e. The van der Waals surface area contributed by atoms with Crippen LogP contribution in [0.25, 0.3) is 11.2 Å². The third-order valence-electron chi connectivity index (χ3n) is 4.70. The molecule has 1 aromatic carbocycles. The Bertz CT molecular complexity index is 1100. The zero-order valence-electron chi connectivity index (χ0n) is 16.0. The molecule has 0 aliphatic heterocycles. The molecule has 3 rings (SSSR count). The highest BCUT2D eigenvalue weighted by molar-refractivity contribution is 5.77. The van der Waals surface area contributed by atoms with Crippen molar-refractivity contribution in [3.05, 3.63) is 63.1 Å². The lowest BCUT2D eigenvalue weighted by Crippen LogP contribution is -2.44. The first-order valence-electron chi connectivity index (χ1n) is 9.06. The van der Waals surface area contributed by atoms with Gasteiger partial charge in [-0.25, -0.2) is 14.3 Å². The van der Waals surface area contributed by atoms with E-state index in [0.717, 1.165) is 10.1 Å². The van der Waals surface area contributed by atoms with Gasteiger partial charge in [-0.2, -0.15) is 0 Å². The van der Waals surface area contributed by atoms with Crippen LogP contribution in [0.2, 0.25) is 0 Å². The molecule has 0 atom stereocenters. The van der Waals surface area contributed by atoms with Crippen LogP contribution in [0.5, 0.6) is 0 Å². The number of aromatic nitrogens is 4. The number of rotatable bonds is 7. The number of hydrogen-bond donors (Lipinski definition) is 1. The number of nitrogens with two attached hydrogens (primary N) is 1. The molecule has 0 aliphatic rings. The maximum Gasteiger partial charge on any atom is 0.332 e. The third kappa shape index (κ3) is 3.74. The normalized spacial score (nSPS) is 11.1. The van der Waals surface area contributed by atoms with Gasteiger partial charge < -0.3 is 15.2 Å². The Hall–Kier alpha value is -3.20. The van der Waals surface area contributed by atoms with Crippen molar-refractivity contribution in [2.24, 2.45) is 19.8 Å². The smallest absolute Gasteiger partial charge is 0.332 e. The van der Waals surface area contributed by atoms with Gasteiger partial charge in [0.1, 0.15) is 6.54 Å². The lowest BCUT2D eigenvalue weighted by atomic mass is 10.2. The monoisotopic (exact) mass is 384 g/mol. The average molecular weight is 384 g/mol. The second kappa shape index (κ2) is 8.22. The van der Waals surface area contributed by atoms with Gasteiger partial charge in [0, 0.05) is 27.2 Å². The van der Waals surface area contributed by atoms with Gasteiger partial charge in [-0.1, -0.05) is 30.3 Å². The summed E-state index contributed by atoms with van der Waals surface area (Å²) >= 11 is 0. The van der Waals surface area contributed by atoms with Crippen molar-refractivity contribution >= 4 is 17.1 Å². The van der Waals surface area contributed by atoms with Crippen molar-refractivity contribution in [1.29, 1.82) is 0 Å². The maximum absolute atomic E-state index is 13.0. The van der Waals surface area contributed by atoms with Crippen LogP contribution in [-0.2, 0) is 32.0 Å². The summed E-state index contributed by atoms with van der Waals surface area (Å²) in [5.41, 5.74) is 6.06. The minimum atomic E-state index is -0.567. The van der Waals surface area contributed by atoms with Crippen molar-refractivity contribution in [3.8, 4) is 0 Å². The van der Waals surface area contributed by atoms with E-state index in [9.17, 15) is 14.4 Å². The number of amides is 1. The zero-order chi connectivity index (χ0) is 20.3. The summed E-state index contributed by atoms with van der Waals surface area (Å²) in [5.74, 6) is -0.307. The summed E-state index contributed by atoms with van der Waals surface area (Å²) in [6.07, 6.45) is 2.10. The van der Waals surface area contributed by atoms with Crippen LogP contribution in [0.1, 0.15) is 12.0 Å². The summed E-state index contributed by atoms with van der Waals surface area (Å²) in [6, 6.07) is 9.56. The van der Waals surface area contributed by atoms with Crippen LogP contribution >= 0.6 is 0 Å². The van der Waals surface area contributed by atoms with Gasteiger partial charge in [-0.05, 0) is 18.5 Å². The molecule has 0 fully saturated rings. The van der Waals surface area contributed by atoms with Crippen LogP contribution in [-0.4, -0.2) is 42.6 Å². The number of aryl methyl sites for hydroxylation is 2. The predicted octanol–water partition coefficient (Wildman–Crippen LogP) is -0.189. The van der Waals surface area contributed by atoms with Crippen molar-refractivity contribution < 1.29 is 4.79 Å². The molecule has 0 bridgehead atoms. The standard InChI is InChI=1S/C19H24N6O3/c1-22-13-21-17-16(22)18(27)25(19(28)23(17)2)12-15(26)24(10-6-9-20)11-14-7-4-3-5-8-14/h3-5,7-8,13H,6,9-12,20H2,1-2H3. The fraction of sp³-hybridized carbons (Fsp3) is 0.368. The van der Waals surface area contributed by atoms with E-state index in [1.807, 2.05) is 30.3 Å². The van der Waals surface area contributed by atoms with Gasteiger partial charge in [0.25, 0.3) is 5.56 Å². The Morgan fingerprint density at radius 2 is 1.89 bits per heavy atom. The minimum absolute atomic E-state index is 0.284. The van der Waals surface area contributed by atoms with Crippen molar-refractivity contribution in [2.75, 3.05) is 13.1 Å². The number of carbonyl (C=O) groups is 1. The lowest BCUT2D eigenvalue weighted by molar-refractivity contribution is -0.132. The SMILES string of the molecule is Cn1cnc2c1c(=O)n(CC(=O)N(CCCN)Cc1ccccc1)c(=O)n2C. The van der Waals surface area contributed by atoms with Crippen LogP contribution in [0.4, 0.5) is 0 Å². The molecule has 0 saturated heterocycles. The van der Waals surface area contributed by atoms with Gasteiger partial charge in [0.15, 0.2) is 11.2 Å². The average Bonchev–Trinajstić information content (AvgIpc) is 3.09. The van der Waals surface area contributed by atoms with Gasteiger partial charge in [-0.15, -0.1) is 0 Å². The first-order chi connectivity index (χ1) is 13.4. The Labute approximate surface area is 161 Å². The molecule has 1 amide bonds. The predicted molar refractivity (Wildman–Crippen MR) is 106 cm³/mol. The van der Waals surface area contributed by atoms with E-state index in [1.165, 1.54) is 17.9 Å². The third-order valence-corrected chi connectivity index (χ3v) is 4.70. The van der Waals surface area contributed by atoms with Gasteiger partial charge >= 0.3 is 5.69 Å². The molecule has 9 heteroatoms. The summed E-state index contributed by atoms with van der Waals surface area (Å²) in [4.78, 5) is 44.1. The molecule has 0 aliphatic carbocycles. The van der Waals surface area contributed by atoms with Crippen LogP contribution in [0.15, 0.2) is 46.2 Å². The van der Waals surface area contributed by atoms with E-state index in [-0.39, 0.29) is 18.0 Å². The number of imidazole rings is 1. The summed E-state index contributed by atoms with van der Waals surface area (Å²) in [5, 5.41) is 0. The highest BCUT2D eigenvalue weighted by Crippen LogP contribution is 2.07. The first-order valence-corrected chi connectivity index (χ1v) is 9.06. The van der Waals surface area contributed by atoms with Crippen molar-refractivity contribution in [3.63, 3.8) is 0 Å². The Morgan fingerprint density at radius 1 is 1.18 bits per heavy atom. The highest BCUT2D eigenvalue weighted by atomic mass is 16.2. The van der Waals surface area contributed by atoms with Crippen molar-refractivity contribution in [2.45, 2.75) is 19.5 Å². The molecular weight excluding hydrogens is 360 g/mol. The van der Waals surface area contributed by atoms with Gasteiger partial charge in [0.2, 0.25) is 5.91 Å². The molecule has 9 nitrogen and oxygen atoms in total. The Kier molecular flexibility index (Phi) is 5.74. The second-order valence-corrected chi connectivity index (χ2v) is 6.70. The highest BCUT2D eigenvalue weighted by Gasteiger charge is 2.20. The van der Waals surface area contributed by atoms with E-state index < -0.39 is 11.2 Å². The molecule has 0 spiro atoms. The fourth-order valence-electron chi connectivity index (χ4n) is 3.15. The minimum Gasteiger partial charge on any atom is -0.337 e. The number of fused-ring (bicyclic) bond motifs is 1. The molecule has 0 radical (unpaired) electrons. The van der Waals surface area contributed by atoms with Crippen LogP contribution in [0.3, 0.4) is 0 Å². The first kappa shape index (κ1) is 19.6. The molecule has 0 unspecified atom stereocenters. The quantitative estimate of drug-likeness (QED) is 0.607. The number of nitrogens with zero attached hydrogens (tertiary/aromatic N) is 5. The number of benzene rings is 1. The van der Waals surface area contributed by atoms with Gasteiger partial charge in [0.05, 0.1) is 6.33 Å². The summed E-state index contributed by atoms with van der Waals surface area (Å²) < 4.78 is 3.80. The zero-order valence-corrected chi connectivity index (χ0v) is 16.0. The molecule has 148 valence electrons. The molecule has 2 N–H and O–H groups in total. The summed E-state index contributed by atoms with van der Waals surface area (Å²) in [6.45, 7) is 0.960. The molecule has 2 heterocycles. The molecule has 0 saturated carbocycles. The Balaban J connectivity index is 1.94. The maximum atomic E-state index is 13.0. The Morgan fingerprint density at radius 3 is 2.57 bits per heavy atom. The molecule has 28 heavy (non-hydrogen) atoms. The number of hydrogen-bond acceptors (Lipinski definition) is 5. The number of carbonyl (C=O) groups excluding carboxylic acids is 1. The van der Waals surface area contributed by atoms with Crippen LogP contribution in [0, 0.1) is 0 Å². The van der Waals surface area contributed by atoms with E-state index in [2.05, 4.69) is 4.98 Å². The molecule has 3 aromatic rings. The van der Waals surface area contributed by atoms with Crippen molar-refractivity contribution in [1.82, 2.24) is 23.6 Å². The van der Waals surface area contributed by atoms with Crippen LogP contribution < -0.4 is 17.0 Å². The van der Waals surface area contributed by atoms with E-state index in [4.69, 9.17) is 5.73 Å². The van der Waals surface area contributed by atoms with E-state index >= 15 is 0 Å². The lowest BCUT2D eigenvalue weighted by Gasteiger charge is -2.23. The topological polar surface area (TPSA) is 108 Å². The molecule has 2 aromatic heterocycles. The summed E-state index contributed by atoms with van der Waals surface area (Å²) in [7, 11) is 3.21. The fourth-order valence-corrected chi connectivity index (χ4v) is 3.15. The van der Waals surface area contributed by atoms with Gasteiger partial charge in [-0.3, -0.25) is 14.2 Å². The second-order valence-electron chi connectivity index (χ2n) is 6.70.